The van der Waals surface area contributed by atoms with Gasteiger partial charge < -0.3 is 4.74 Å². The van der Waals surface area contributed by atoms with Crippen LogP contribution in [0.4, 0.5) is 0 Å². The van der Waals surface area contributed by atoms with Crippen molar-refractivity contribution in [1.29, 1.82) is 0 Å². The smallest absolute Gasteiger partial charge is 0.162 e. The van der Waals surface area contributed by atoms with Crippen LogP contribution in [0.5, 0.6) is 0 Å². The van der Waals surface area contributed by atoms with Crippen LogP contribution in [0.25, 0.3) is 0 Å². The van der Waals surface area contributed by atoms with Crippen molar-refractivity contribution in [2.24, 2.45) is 0 Å². The van der Waals surface area contributed by atoms with Gasteiger partial charge in [0.25, 0.3) is 0 Å². The first-order chi connectivity index (χ1) is 4.95. The minimum atomic E-state index is -1.25. The summed E-state index contributed by atoms with van der Waals surface area (Å²) in [4.78, 5) is 0. The van der Waals surface area contributed by atoms with Crippen molar-refractivity contribution in [2.45, 2.75) is 26.6 Å². The van der Waals surface area contributed by atoms with Crippen molar-refractivity contribution in [1.82, 2.24) is 0 Å². The van der Waals surface area contributed by atoms with Crippen LogP contribution < -0.4 is 0 Å². The summed E-state index contributed by atoms with van der Waals surface area (Å²) in [5.41, 5.74) is 3.17. The van der Waals surface area contributed by atoms with Gasteiger partial charge in [-0.3, -0.25) is 0 Å². The molecule has 0 aliphatic heterocycles. The highest BCUT2D eigenvalue weighted by Crippen LogP contribution is 1.98. The highest BCUT2D eigenvalue weighted by Gasteiger charge is 2.07. The van der Waals surface area contributed by atoms with E-state index in [0.717, 1.165) is 0 Å². The number of rotatable bonds is 2. The van der Waals surface area contributed by atoms with Gasteiger partial charge in [-0.1, -0.05) is 19.6 Å². The number of ether oxygens (including phenoxy) is 1. The van der Waals surface area contributed by atoms with Crippen molar-refractivity contribution in [3.8, 4) is 11.5 Å². The zero-order valence-corrected chi connectivity index (χ0v) is 8.82. The van der Waals surface area contributed by atoms with Crippen LogP contribution in [0.1, 0.15) is 6.92 Å². The summed E-state index contributed by atoms with van der Waals surface area (Å²) < 4.78 is 5.09. The van der Waals surface area contributed by atoms with Crippen LogP contribution in [0.3, 0.4) is 0 Å². The lowest BCUT2D eigenvalue weighted by atomic mass is 10.6. The Kier molecular flexibility index (Phi) is 3.98. The zero-order chi connectivity index (χ0) is 8.91. The standard InChI is InChI=1S/C9H16OSi/c1-6-10-9(2)7-8-11(3,4)5/h2,6H2,1,3-5H3. The molecule has 0 atom stereocenters. The molecule has 0 saturated carbocycles. The second kappa shape index (κ2) is 4.25. The molecule has 0 N–H and O–H groups in total. The monoisotopic (exact) mass is 168 g/mol. The third-order valence-electron chi connectivity index (χ3n) is 0.895. The van der Waals surface area contributed by atoms with Crippen LogP contribution in [0, 0.1) is 11.5 Å². The predicted molar refractivity (Wildman–Crippen MR) is 51.9 cm³/mol. The lowest BCUT2D eigenvalue weighted by Crippen LogP contribution is -2.16. The third-order valence-corrected chi connectivity index (χ3v) is 1.77. The molecule has 1 nitrogen and oxygen atoms in total. The van der Waals surface area contributed by atoms with E-state index in [1.165, 1.54) is 0 Å². The van der Waals surface area contributed by atoms with E-state index in [-0.39, 0.29) is 0 Å². The molecule has 0 unspecified atom stereocenters. The Morgan fingerprint density at radius 3 is 2.36 bits per heavy atom. The van der Waals surface area contributed by atoms with E-state index in [0.29, 0.717) is 12.4 Å². The van der Waals surface area contributed by atoms with E-state index < -0.39 is 8.07 Å². The number of hydrogen-bond acceptors (Lipinski definition) is 1. The second-order valence-corrected chi connectivity index (χ2v) is 8.11. The number of allylic oxidation sites excluding steroid dienone is 1. The fraction of sp³-hybridized carbons (Fsp3) is 0.556. The summed E-state index contributed by atoms with van der Waals surface area (Å²) in [5, 5.41) is 0. The summed E-state index contributed by atoms with van der Waals surface area (Å²) in [6.45, 7) is 12.8. The third kappa shape index (κ3) is 7.21. The molecule has 0 aromatic heterocycles. The van der Waals surface area contributed by atoms with Gasteiger partial charge in [-0.15, -0.1) is 5.54 Å². The largest absolute Gasteiger partial charge is 0.486 e. The van der Waals surface area contributed by atoms with Gasteiger partial charge in [0.15, 0.2) is 5.76 Å². The summed E-state index contributed by atoms with van der Waals surface area (Å²) in [6, 6.07) is 0. The average Bonchev–Trinajstić information content (AvgIpc) is 1.83. The molecule has 0 radical (unpaired) electrons. The lowest BCUT2D eigenvalue weighted by molar-refractivity contribution is 0.248. The summed E-state index contributed by atoms with van der Waals surface area (Å²) in [7, 11) is -1.25. The molecule has 2 heteroatoms. The molecular formula is C9H16OSi. The van der Waals surface area contributed by atoms with Crippen LogP contribution in [0.2, 0.25) is 19.6 Å². The molecule has 0 amide bonds. The first-order valence-electron chi connectivity index (χ1n) is 3.80. The van der Waals surface area contributed by atoms with E-state index in [9.17, 15) is 0 Å². The maximum atomic E-state index is 5.09. The summed E-state index contributed by atoms with van der Waals surface area (Å²) in [6.07, 6.45) is 0. The molecule has 0 aliphatic carbocycles. The molecule has 0 aliphatic rings. The van der Waals surface area contributed by atoms with Gasteiger partial charge in [-0.05, 0) is 19.4 Å². The molecule has 62 valence electrons. The minimum Gasteiger partial charge on any atom is -0.486 e. The van der Waals surface area contributed by atoms with Gasteiger partial charge in [-0.25, -0.2) is 0 Å². The fourth-order valence-electron chi connectivity index (χ4n) is 0.468. The maximum absolute atomic E-state index is 5.09. The van der Waals surface area contributed by atoms with Crippen LogP contribution in [-0.2, 0) is 4.74 Å². The van der Waals surface area contributed by atoms with E-state index in [1.54, 1.807) is 0 Å². The quantitative estimate of drug-likeness (QED) is 0.349. The Hall–Kier alpha value is -0.683. The van der Waals surface area contributed by atoms with Gasteiger partial charge in [0, 0.05) is 0 Å². The van der Waals surface area contributed by atoms with Crippen molar-refractivity contribution in [3.63, 3.8) is 0 Å². The van der Waals surface area contributed by atoms with Gasteiger partial charge >= 0.3 is 0 Å². The Morgan fingerprint density at radius 2 is 2.00 bits per heavy atom. The topological polar surface area (TPSA) is 9.23 Å². The van der Waals surface area contributed by atoms with E-state index in [4.69, 9.17) is 4.74 Å². The molecular weight excluding hydrogens is 152 g/mol. The molecule has 11 heavy (non-hydrogen) atoms. The molecule has 0 aromatic carbocycles. The van der Waals surface area contributed by atoms with Gasteiger partial charge in [0.2, 0.25) is 0 Å². The second-order valence-electron chi connectivity index (χ2n) is 3.36. The predicted octanol–water partition coefficient (Wildman–Crippen LogP) is 2.42. The van der Waals surface area contributed by atoms with Crippen molar-refractivity contribution in [2.75, 3.05) is 6.61 Å². The van der Waals surface area contributed by atoms with Gasteiger partial charge in [0.1, 0.15) is 8.07 Å². The average molecular weight is 168 g/mol. The first kappa shape index (κ1) is 10.3. The maximum Gasteiger partial charge on any atom is 0.162 e. The molecule has 0 aromatic rings. The lowest BCUT2D eigenvalue weighted by Gasteiger charge is -2.04. The molecule has 0 bridgehead atoms. The van der Waals surface area contributed by atoms with Crippen molar-refractivity contribution in [3.05, 3.63) is 12.3 Å². The van der Waals surface area contributed by atoms with Gasteiger partial charge in [-0.2, -0.15) is 0 Å². The van der Waals surface area contributed by atoms with Crippen molar-refractivity contribution < 1.29 is 4.74 Å². The molecule has 0 fully saturated rings. The van der Waals surface area contributed by atoms with E-state index in [2.05, 4.69) is 37.7 Å². The molecule has 0 heterocycles. The van der Waals surface area contributed by atoms with E-state index in [1.807, 2.05) is 6.92 Å². The summed E-state index contributed by atoms with van der Waals surface area (Å²) >= 11 is 0. The first-order valence-corrected chi connectivity index (χ1v) is 7.30. The normalized spacial score (nSPS) is 9.82. The number of hydrogen-bond donors (Lipinski definition) is 0. The minimum absolute atomic E-state index is 0.593. The molecule has 0 spiro atoms. The Bertz CT molecular complexity index is 190. The van der Waals surface area contributed by atoms with Crippen LogP contribution >= 0.6 is 0 Å². The van der Waals surface area contributed by atoms with Crippen LogP contribution in [-0.4, -0.2) is 14.7 Å². The molecule has 0 saturated heterocycles. The zero-order valence-electron chi connectivity index (χ0n) is 7.82. The Morgan fingerprint density at radius 1 is 1.45 bits per heavy atom. The van der Waals surface area contributed by atoms with Crippen molar-refractivity contribution >= 4 is 8.07 Å². The Balaban J connectivity index is 3.98. The fourth-order valence-corrected chi connectivity index (χ4v) is 0.982. The highest BCUT2D eigenvalue weighted by molar-refractivity contribution is 6.83. The summed E-state index contributed by atoms with van der Waals surface area (Å²) in [5.74, 6) is 3.51. The highest BCUT2D eigenvalue weighted by atomic mass is 28.3. The van der Waals surface area contributed by atoms with Gasteiger partial charge in [0.05, 0.1) is 6.61 Å². The Labute approximate surface area is 70.5 Å². The molecule has 0 rings (SSSR count). The van der Waals surface area contributed by atoms with Crippen LogP contribution in [0.15, 0.2) is 12.3 Å². The SMILES string of the molecule is C=C(C#C[Si](C)(C)C)OCC. The van der Waals surface area contributed by atoms with E-state index >= 15 is 0 Å².